The van der Waals surface area contributed by atoms with E-state index < -0.39 is 24.4 Å². The molecule has 16 heteroatoms. The molecule has 0 heterocycles. The van der Waals surface area contributed by atoms with E-state index in [1.165, 1.54) is 0 Å². The number of carbonyl (C=O) groups excluding carboxylic acids is 4. The van der Waals surface area contributed by atoms with Crippen LogP contribution in [0, 0.1) is 0 Å². The fourth-order valence-electron chi connectivity index (χ4n) is 1.47. The van der Waals surface area contributed by atoms with Gasteiger partial charge in [0.2, 0.25) is 0 Å². The van der Waals surface area contributed by atoms with Crippen LogP contribution < -0.4 is 160 Å². The predicted molar refractivity (Wildman–Crippen MR) is 113 cm³/mol. The van der Waals surface area contributed by atoms with Gasteiger partial charge in [0.15, 0.2) is 0 Å². The van der Waals surface area contributed by atoms with Crippen LogP contribution >= 0.6 is 0 Å². The first-order valence-corrected chi connectivity index (χ1v) is 10.9. The van der Waals surface area contributed by atoms with Gasteiger partial charge in [0.05, 0.1) is 0 Å². The number of carboxylic acid groups (broad SMARTS) is 4. The van der Waals surface area contributed by atoms with Gasteiger partial charge in [-0.1, -0.05) is 53.4 Å². The van der Waals surface area contributed by atoms with Crippen molar-refractivity contribution < 1.29 is 158 Å². The summed E-state index contributed by atoms with van der Waals surface area (Å²) in [5.74, 6) is 0. The minimum atomic E-state index is -1.18. The maximum absolute atomic E-state index is 9.65. The second-order valence-corrected chi connectivity index (χ2v) is 6.27. The summed E-state index contributed by atoms with van der Waals surface area (Å²) in [5, 5.41) is 47.2. The van der Waals surface area contributed by atoms with E-state index in [9.17, 15) is 39.6 Å². The van der Waals surface area contributed by atoms with Gasteiger partial charge in [-0.25, -0.2) is 0 Å². The van der Waals surface area contributed by atoms with Crippen LogP contribution in [0.15, 0.2) is 0 Å². The molecule has 0 spiro atoms. The summed E-state index contributed by atoms with van der Waals surface area (Å²) in [6.07, 6.45) is 2.80. The molecule has 0 aromatic heterocycles. The summed E-state index contributed by atoms with van der Waals surface area (Å²) >= 11 is 0. The number of unbranched alkanes of at least 4 members (excludes halogenated alkanes) is 4. The van der Waals surface area contributed by atoms with Gasteiger partial charge < -0.3 is 60.9 Å². The summed E-state index contributed by atoms with van der Waals surface area (Å²) in [7, 11) is 0. The smallest absolute Gasteiger partial charge is 0.530 e. The summed E-state index contributed by atoms with van der Waals surface area (Å²) in [5.41, 5.74) is 0. The molecule has 192 valence electrons. The Morgan fingerprint density at radius 3 is 0.639 bits per heavy atom. The Labute approximate surface area is 304 Å². The molecule has 36 heavy (non-hydrogen) atoms. The van der Waals surface area contributed by atoms with Crippen LogP contribution in [0.1, 0.15) is 79.1 Å². The molecule has 0 aromatic carbocycles. The summed E-state index contributed by atoms with van der Waals surface area (Å²) < 4.78 is 0. The van der Waals surface area contributed by atoms with Crippen LogP contribution in [0.3, 0.4) is 0 Å². The zero-order valence-corrected chi connectivity index (χ0v) is 31.8. The molecule has 0 aliphatic heterocycles. The molecule has 0 bridgehead atoms. The van der Waals surface area contributed by atoms with Gasteiger partial charge in [-0.2, -0.15) is 0 Å². The second-order valence-electron chi connectivity index (χ2n) is 6.27. The molecular formula is C20H40N4Na4O8. The van der Waals surface area contributed by atoms with Gasteiger partial charge in [-0.05, 0) is 25.7 Å². The Bertz CT molecular complexity index is 389. The number of hydrogen-bond donors (Lipinski definition) is 4. The molecule has 0 unspecified atom stereocenters. The molecule has 4 N–H and O–H groups in total. The topological polar surface area (TPSA) is 209 Å². The largest absolute Gasteiger partial charge is 1.00 e. The summed E-state index contributed by atoms with van der Waals surface area (Å²) in [4.78, 5) is 38.6. The van der Waals surface area contributed by atoms with E-state index in [4.69, 9.17) is 0 Å². The quantitative estimate of drug-likeness (QED) is 0.134. The van der Waals surface area contributed by atoms with Crippen LogP contribution in [0.25, 0.3) is 0 Å². The van der Waals surface area contributed by atoms with Crippen LogP contribution in [0.4, 0.5) is 19.2 Å². The minimum Gasteiger partial charge on any atom is -0.530 e. The number of hydrogen-bond acceptors (Lipinski definition) is 8. The van der Waals surface area contributed by atoms with Crippen molar-refractivity contribution in [1.29, 1.82) is 0 Å². The first kappa shape index (κ1) is 57.1. The molecular weight excluding hydrogens is 516 g/mol. The third kappa shape index (κ3) is 91.7. The predicted octanol–water partition coefficient (Wildman–Crippen LogP) is -13.1. The number of rotatable bonds is 12. The normalized spacial score (nSPS) is 7.67. The van der Waals surface area contributed by atoms with Crippen LogP contribution in [0.2, 0.25) is 0 Å². The fraction of sp³-hybridized carbons (Fsp3) is 0.800. The Balaban J connectivity index is -0.0000000467. The average molecular weight is 557 g/mol. The average Bonchev–Trinajstić information content (AvgIpc) is 2.69. The second kappa shape index (κ2) is 52.5. The minimum absolute atomic E-state index is 0. The van der Waals surface area contributed by atoms with Crippen molar-refractivity contribution in [3.8, 4) is 0 Å². The van der Waals surface area contributed by atoms with E-state index >= 15 is 0 Å². The van der Waals surface area contributed by atoms with Crippen molar-refractivity contribution in [2.75, 3.05) is 26.2 Å². The van der Waals surface area contributed by atoms with E-state index in [1.807, 2.05) is 27.7 Å². The Kier molecular flexibility index (Phi) is 83.2. The number of nitrogens with one attached hydrogen (secondary N) is 4. The maximum atomic E-state index is 9.65. The van der Waals surface area contributed by atoms with Gasteiger partial charge in [-0.15, -0.1) is 0 Å². The maximum Gasteiger partial charge on any atom is 1.00 e. The van der Waals surface area contributed by atoms with Crippen LogP contribution in [0.5, 0.6) is 0 Å². The van der Waals surface area contributed by atoms with Gasteiger partial charge in [0, 0.05) is 26.2 Å². The standard InChI is InChI=1S/4C5H11NO2.4Na/c4*1-2-3-4-6-5(7)8;;;;/h4*6H,2-4H2,1H3,(H,7,8);;;;/q;;;;4*+1/p-4. The van der Waals surface area contributed by atoms with Crippen molar-refractivity contribution in [1.82, 2.24) is 21.3 Å². The van der Waals surface area contributed by atoms with Crippen molar-refractivity contribution in [3.05, 3.63) is 0 Å². The molecule has 12 nitrogen and oxygen atoms in total. The van der Waals surface area contributed by atoms with Gasteiger partial charge in [0.25, 0.3) is 0 Å². The van der Waals surface area contributed by atoms with E-state index in [0.717, 1.165) is 51.4 Å². The van der Waals surface area contributed by atoms with E-state index in [0.29, 0.717) is 26.2 Å². The molecule has 0 aromatic rings. The summed E-state index contributed by atoms with van der Waals surface area (Å²) in [6.45, 7) is 10.0. The Morgan fingerprint density at radius 2 is 0.556 bits per heavy atom. The van der Waals surface area contributed by atoms with Crippen molar-refractivity contribution >= 4 is 24.4 Å². The van der Waals surface area contributed by atoms with Crippen molar-refractivity contribution in [3.63, 3.8) is 0 Å². The molecule has 0 rings (SSSR count). The molecule has 0 aliphatic rings. The van der Waals surface area contributed by atoms with Crippen LogP contribution in [-0.2, 0) is 0 Å². The van der Waals surface area contributed by atoms with E-state index in [1.54, 1.807) is 0 Å². The first-order chi connectivity index (χ1) is 15.1. The Hall–Kier alpha value is 1.08. The molecule has 0 saturated carbocycles. The van der Waals surface area contributed by atoms with E-state index in [-0.39, 0.29) is 118 Å². The van der Waals surface area contributed by atoms with Gasteiger partial charge >= 0.3 is 118 Å². The molecule has 0 atom stereocenters. The van der Waals surface area contributed by atoms with E-state index in [2.05, 4.69) is 21.3 Å². The molecule has 0 fully saturated rings. The SMILES string of the molecule is CCCCNC(=O)[O-].CCCCNC(=O)[O-].CCCCNC(=O)[O-].CCCCNC(=O)[O-].[Na+].[Na+].[Na+].[Na+]. The molecule has 0 saturated heterocycles. The van der Waals surface area contributed by atoms with Crippen LogP contribution in [-0.4, -0.2) is 50.6 Å². The van der Waals surface area contributed by atoms with Gasteiger partial charge in [-0.3, -0.25) is 0 Å². The third-order valence-corrected chi connectivity index (χ3v) is 3.20. The molecule has 0 aliphatic carbocycles. The molecule has 0 radical (unpaired) electrons. The first-order valence-electron chi connectivity index (χ1n) is 10.9. The van der Waals surface area contributed by atoms with Crippen molar-refractivity contribution in [2.24, 2.45) is 0 Å². The zero-order valence-electron chi connectivity index (χ0n) is 23.8. The summed E-state index contributed by atoms with van der Waals surface area (Å²) in [6, 6.07) is 0. The number of amides is 4. The van der Waals surface area contributed by atoms with Crippen molar-refractivity contribution in [2.45, 2.75) is 79.1 Å². The van der Waals surface area contributed by atoms with Gasteiger partial charge in [0.1, 0.15) is 24.4 Å². The fourth-order valence-corrected chi connectivity index (χ4v) is 1.47. The Morgan fingerprint density at radius 1 is 0.417 bits per heavy atom. The third-order valence-electron chi connectivity index (χ3n) is 3.20. The molecule has 4 amide bonds. The number of carbonyl (C=O) groups is 4. The monoisotopic (exact) mass is 556 g/mol. The zero-order chi connectivity index (χ0) is 25.6.